The molecule has 4 aromatic rings. The van der Waals surface area contributed by atoms with Crippen LogP contribution in [0.4, 0.5) is 5.69 Å². The Kier molecular flexibility index (Phi) is 6.39. The highest BCUT2D eigenvalue weighted by Gasteiger charge is 2.28. The first kappa shape index (κ1) is 22.5. The second-order valence-corrected chi connectivity index (χ2v) is 8.54. The number of rotatable bonds is 6. The molecule has 0 bridgehead atoms. The largest absolute Gasteiger partial charge is 0.506 e. The fraction of sp³-hybridized carbons (Fsp3) is 0.214. The molecule has 0 saturated carbocycles. The number of hydrogen-bond acceptors (Lipinski definition) is 5. The number of hydrogen-bond donors (Lipinski definition) is 1. The summed E-state index contributed by atoms with van der Waals surface area (Å²) in [4.78, 5) is 17.7. The fourth-order valence-electron chi connectivity index (χ4n) is 4.52. The third-order valence-electron chi connectivity index (χ3n) is 6.33. The lowest BCUT2D eigenvalue weighted by Crippen LogP contribution is -2.48. The van der Waals surface area contributed by atoms with Crippen molar-refractivity contribution in [1.29, 1.82) is 0 Å². The minimum atomic E-state index is -0.0536. The second kappa shape index (κ2) is 9.93. The van der Waals surface area contributed by atoms with Gasteiger partial charge in [-0.2, -0.15) is 5.10 Å². The van der Waals surface area contributed by atoms with E-state index in [0.717, 1.165) is 16.8 Å². The molecular formula is C28H28N4O3. The number of aromatic hydroxyl groups is 1. The van der Waals surface area contributed by atoms with Crippen LogP contribution >= 0.6 is 0 Å². The zero-order chi connectivity index (χ0) is 24.2. The lowest BCUT2D eigenvalue weighted by molar-refractivity contribution is 0.0747. The van der Waals surface area contributed by atoms with Gasteiger partial charge in [0.15, 0.2) is 0 Å². The molecule has 1 amide bonds. The summed E-state index contributed by atoms with van der Waals surface area (Å²) >= 11 is 0. The number of benzene rings is 3. The Balaban J connectivity index is 1.43. The summed E-state index contributed by atoms with van der Waals surface area (Å²) in [5.41, 5.74) is 3.87. The summed E-state index contributed by atoms with van der Waals surface area (Å²) in [6.45, 7) is 2.97. The fourth-order valence-corrected chi connectivity index (χ4v) is 4.52. The molecule has 0 spiro atoms. The molecule has 0 aliphatic carbocycles. The van der Waals surface area contributed by atoms with Crippen LogP contribution in [0.5, 0.6) is 11.5 Å². The van der Waals surface area contributed by atoms with E-state index >= 15 is 0 Å². The van der Waals surface area contributed by atoms with E-state index in [1.165, 1.54) is 0 Å². The highest BCUT2D eigenvalue weighted by Crippen LogP contribution is 2.32. The molecule has 1 aliphatic heterocycles. The molecule has 0 unspecified atom stereocenters. The number of nitrogens with zero attached hydrogens (tertiary/aromatic N) is 4. The Labute approximate surface area is 204 Å². The van der Waals surface area contributed by atoms with Crippen molar-refractivity contribution in [1.82, 2.24) is 14.7 Å². The quantitative estimate of drug-likeness (QED) is 0.458. The van der Waals surface area contributed by atoms with Crippen LogP contribution in [0.25, 0.3) is 11.3 Å². The van der Waals surface area contributed by atoms with Crippen molar-refractivity contribution in [3.63, 3.8) is 0 Å². The Morgan fingerprint density at radius 2 is 1.60 bits per heavy atom. The number of anilines is 1. The van der Waals surface area contributed by atoms with Crippen LogP contribution in [0.2, 0.25) is 0 Å². The van der Waals surface area contributed by atoms with Gasteiger partial charge < -0.3 is 19.6 Å². The van der Waals surface area contributed by atoms with Gasteiger partial charge in [0.1, 0.15) is 17.2 Å². The topological polar surface area (TPSA) is 70.8 Å². The Morgan fingerprint density at radius 1 is 0.914 bits per heavy atom. The van der Waals surface area contributed by atoms with Gasteiger partial charge in [-0.1, -0.05) is 54.6 Å². The van der Waals surface area contributed by atoms with E-state index < -0.39 is 0 Å². The van der Waals surface area contributed by atoms with Crippen molar-refractivity contribution < 1.29 is 14.6 Å². The van der Waals surface area contributed by atoms with Crippen molar-refractivity contribution in [2.45, 2.75) is 6.54 Å². The number of amides is 1. The van der Waals surface area contributed by atoms with Crippen molar-refractivity contribution in [2.24, 2.45) is 0 Å². The third-order valence-corrected chi connectivity index (χ3v) is 6.33. The monoisotopic (exact) mass is 468 g/mol. The maximum Gasteiger partial charge on any atom is 0.257 e. The van der Waals surface area contributed by atoms with Gasteiger partial charge in [0.05, 0.1) is 24.9 Å². The molecular weight excluding hydrogens is 440 g/mol. The molecule has 2 heterocycles. The number of aromatic nitrogens is 2. The van der Waals surface area contributed by atoms with Crippen molar-refractivity contribution in [3.8, 4) is 22.8 Å². The van der Waals surface area contributed by atoms with E-state index in [1.54, 1.807) is 13.2 Å². The first-order chi connectivity index (χ1) is 17.1. The van der Waals surface area contributed by atoms with Gasteiger partial charge in [-0.25, -0.2) is 0 Å². The summed E-state index contributed by atoms with van der Waals surface area (Å²) in [6, 6.07) is 25.0. The van der Waals surface area contributed by atoms with Gasteiger partial charge in [0, 0.05) is 37.9 Å². The van der Waals surface area contributed by atoms with Crippen LogP contribution in [0.1, 0.15) is 15.9 Å². The van der Waals surface area contributed by atoms with Gasteiger partial charge in [-0.3, -0.25) is 9.48 Å². The number of methoxy groups -OCH3 is 1. The summed E-state index contributed by atoms with van der Waals surface area (Å²) in [5.74, 6) is 0.881. The molecule has 7 nitrogen and oxygen atoms in total. The van der Waals surface area contributed by atoms with Gasteiger partial charge in [0.2, 0.25) is 0 Å². The normalized spacial score (nSPS) is 13.6. The van der Waals surface area contributed by atoms with Crippen LogP contribution < -0.4 is 9.64 Å². The molecule has 0 radical (unpaired) electrons. The molecule has 3 aromatic carbocycles. The van der Waals surface area contributed by atoms with Gasteiger partial charge in [0.25, 0.3) is 5.91 Å². The highest BCUT2D eigenvalue weighted by molar-refractivity contribution is 6.00. The molecule has 1 saturated heterocycles. The number of carbonyl (C=O) groups is 1. The molecule has 1 fully saturated rings. The zero-order valence-corrected chi connectivity index (χ0v) is 19.7. The molecule has 1 aliphatic rings. The number of phenolic OH excluding ortho intramolecular Hbond substituents is 1. The third kappa shape index (κ3) is 4.71. The zero-order valence-electron chi connectivity index (χ0n) is 19.7. The van der Waals surface area contributed by atoms with E-state index in [9.17, 15) is 9.90 Å². The first-order valence-corrected chi connectivity index (χ1v) is 11.7. The van der Waals surface area contributed by atoms with Crippen LogP contribution in [0.15, 0.2) is 85.1 Å². The van der Waals surface area contributed by atoms with E-state index in [4.69, 9.17) is 9.84 Å². The number of phenols is 1. The number of carbonyl (C=O) groups excluding carboxylic acids is 1. The smallest absolute Gasteiger partial charge is 0.257 e. The van der Waals surface area contributed by atoms with E-state index in [2.05, 4.69) is 4.90 Å². The minimum Gasteiger partial charge on any atom is -0.506 e. The molecule has 5 rings (SSSR count). The predicted molar refractivity (Wildman–Crippen MR) is 136 cm³/mol. The second-order valence-electron chi connectivity index (χ2n) is 8.54. The lowest BCUT2D eigenvalue weighted by Gasteiger charge is -2.36. The summed E-state index contributed by atoms with van der Waals surface area (Å²) < 4.78 is 7.40. The Hall–Kier alpha value is -4.26. The van der Waals surface area contributed by atoms with Crippen LogP contribution in [0, 0.1) is 0 Å². The average Bonchev–Trinajstić information content (AvgIpc) is 3.32. The van der Waals surface area contributed by atoms with Crippen LogP contribution in [0.3, 0.4) is 0 Å². The molecule has 0 atom stereocenters. The molecule has 1 N–H and O–H groups in total. The minimum absolute atomic E-state index is 0.0536. The highest BCUT2D eigenvalue weighted by atomic mass is 16.5. The molecule has 178 valence electrons. The van der Waals surface area contributed by atoms with Crippen molar-refractivity contribution in [3.05, 3.63) is 96.2 Å². The van der Waals surface area contributed by atoms with Gasteiger partial charge in [-0.15, -0.1) is 0 Å². The lowest BCUT2D eigenvalue weighted by atomic mass is 10.1. The van der Waals surface area contributed by atoms with Crippen LogP contribution in [-0.4, -0.2) is 59.0 Å². The van der Waals surface area contributed by atoms with Crippen molar-refractivity contribution >= 4 is 11.6 Å². The van der Waals surface area contributed by atoms with E-state index in [-0.39, 0.29) is 11.7 Å². The summed E-state index contributed by atoms with van der Waals surface area (Å²) in [6.07, 6.45) is 1.84. The Morgan fingerprint density at radius 3 is 2.34 bits per heavy atom. The number of para-hydroxylation sites is 3. The maximum atomic E-state index is 13.7. The van der Waals surface area contributed by atoms with Crippen molar-refractivity contribution in [2.75, 3.05) is 38.2 Å². The van der Waals surface area contributed by atoms with Crippen LogP contribution in [-0.2, 0) is 6.54 Å². The standard InChI is InChI=1S/C28H28N4O3/c1-35-26-14-8-5-11-22(26)27-23(20-32(29-27)19-21-9-3-2-4-10-21)28(34)31-17-15-30(16-18-31)24-12-6-7-13-25(24)33/h2-14,20,33H,15-19H2,1H3. The number of piperazine rings is 1. The SMILES string of the molecule is COc1ccccc1-c1nn(Cc2ccccc2)cc1C(=O)N1CCN(c2ccccc2O)CC1. The molecule has 7 heteroatoms. The maximum absolute atomic E-state index is 13.7. The first-order valence-electron chi connectivity index (χ1n) is 11.7. The summed E-state index contributed by atoms with van der Waals surface area (Å²) in [5, 5.41) is 15.0. The van der Waals surface area contributed by atoms with E-state index in [1.807, 2.05) is 88.6 Å². The average molecular weight is 469 g/mol. The predicted octanol–water partition coefficient (Wildman–Crippen LogP) is 4.28. The van der Waals surface area contributed by atoms with E-state index in [0.29, 0.717) is 49.7 Å². The Bertz CT molecular complexity index is 1310. The number of ether oxygens (including phenoxy) is 1. The molecule has 1 aromatic heterocycles. The van der Waals surface area contributed by atoms with Gasteiger partial charge in [-0.05, 0) is 29.8 Å². The van der Waals surface area contributed by atoms with Gasteiger partial charge >= 0.3 is 0 Å². The summed E-state index contributed by atoms with van der Waals surface area (Å²) in [7, 11) is 1.62. The molecule has 35 heavy (non-hydrogen) atoms.